The Morgan fingerprint density at radius 1 is 1.07 bits per heavy atom. The van der Waals surface area contributed by atoms with Gasteiger partial charge in [-0.2, -0.15) is 0 Å². The molecule has 0 unspecified atom stereocenters. The van der Waals surface area contributed by atoms with Crippen LogP contribution in [-0.2, 0) is 16.1 Å². The molecular weight excluding hydrogens is 402 g/mol. The van der Waals surface area contributed by atoms with Gasteiger partial charge in [0.05, 0.1) is 17.9 Å². The fourth-order valence-electron chi connectivity index (χ4n) is 3.34. The van der Waals surface area contributed by atoms with E-state index in [2.05, 4.69) is 4.98 Å². The maximum Gasteiger partial charge on any atom is 0.265 e. The summed E-state index contributed by atoms with van der Waals surface area (Å²) in [5.74, 6) is 0.372. The van der Waals surface area contributed by atoms with Crippen molar-refractivity contribution in [2.24, 2.45) is 0 Å². The van der Waals surface area contributed by atoms with Gasteiger partial charge in [0.15, 0.2) is 6.61 Å². The quantitative estimate of drug-likeness (QED) is 0.601. The Bertz CT molecular complexity index is 1040. The molecule has 7 heteroatoms. The highest BCUT2D eigenvalue weighted by Crippen LogP contribution is 2.31. The van der Waals surface area contributed by atoms with Gasteiger partial charge in [0.2, 0.25) is 5.91 Å². The number of hydrogen-bond acceptors (Lipinski definition) is 4. The van der Waals surface area contributed by atoms with Gasteiger partial charge >= 0.3 is 0 Å². The number of carbonyl (C=O) groups is 2. The van der Waals surface area contributed by atoms with E-state index >= 15 is 0 Å². The van der Waals surface area contributed by atoms with E-state index in [-0.39, 0.29) is 31.4 Å². The molecule has 30 heavy (non-hydrogen) atoms. The minimum atomic E-state index is -0.163. The summed E-state index contributed by atoms with van der Waals surface area (Å²) >= 11 is 6.01. The number of anilines is 2. The Kier molecular flexibility index (Phi) is 5.95. The monoisotopic (exact) mass is 421 g/mol. The van der Waals surface area contributed by atoms with Crippen LogP contribution in [0, 0.1) is 0 Å². The molecule has 0 saturated carbocycles. The van der Waals surface area contributed by atoms with Gasteiger partial charge in [-0.1, -0.05) is 29.8 Å². The minimum absolute atomic E-state index is 0.0277. The molecule has 0 atom stereocenters. The fraction of sp³-hybridized carbons (Fsp3) is 0.174. The summed E-state index contributed by atoms with van der Waals surface area (Å²) in [4.78, 5) is 33.2. The molecule has 2 heterocycles. The molecule has 1 aliphatic rings. The Morgan fingerprint density at radius 2 is 1.83 bits per heavy atom. The Balaban J connectivity index is 1.53. The summed E-state index contributed by atoms with van der Waals surface area (Å²) in [5, 5.41) is 0.597. The molecule has 0 saturated heterocycles. The van der Waals surface area contributed by atoms with Crippen molar-refractivity contribution in [3.8, 4) is 5.75 Å². The lowest BCUT2D eigenvalue weighted by atomic mass is 10.2. The molecule has 1 aliphatic heterocycles. The Morgan fingerprint density at radius 3 is 2.60 bits per heavy atom. The number of hydrogen-bond donors (Lipinski definition) is 0. The van der Waals surface area contributed by atoms with Crippen molar-refractivity contribution in [3.05, 3.63) is 83.6 Å². The number of rotatable bonds is 6. The lowest BCUT2D eigenvalue weighted by Gasteiger charge is -2.30. The molecule has 6 nitrogen and oxygen atoms in total. The second-order valence-electron chi connectivity index (χ2n) is 6.83. The second kappa shape index (κ2) is 8.97. The third kappa shape index (κ3) is 4.44. The topological polar surface area (TPSA) is 62.7 Å². The van der Waals surface area contributed by atoms with Crippen LogP contribution in [0.15, 0.2) is 72.9 Å². The molecule has 0 aliphatic carbocycles. The van der Waals surface area contributed by atoms with E-state index in [1.807, 2.05) is 42.5 Å². The smallest absolute Gasteiger partial charge is 0.265 e. The lowest BCUT2D eigenvalue weighted by Crippen LogP contribution is -2.41. The van der Waals surface area contributed by atoms with Crippen molar-refractivity contribution in [3.63, 3.8) is 0 Å². The normalized spacial score (nSPS) is 12.8. The number of fused-ring (bicyclic) bond motifs is 1. The van der Waals surface area contributed by atoms with Crippen molar-refractivity contribution in [2.45, 2.75) is 13.0 Å². The molecule has 0 spiro atoms. The van der Waals surface area contributed by atoms with Crippen LogP contribution in [0.4, 0.5) is 11.4 Å². The maximum absolute atomic E-state index is 13.2. The second-order valence-corrected chi connectivity index (χ2v) is 7.27. The molecule has 1 aromatic heterocycles. The zero-order chi connectivity index (χ0) is 20.9. The van der Waals surface area contributed by atoms with Gasteiger partial charge in [-0.05, 0) is 48.5 Å². The predicted octanol–water partition coefficient (Wildman–Crippen LogP) is 4.08. The van der Waals surface area contributed by atoms with E-state index in [4.69, 9.17) is 16.3 Å². The number of halogens is 1. The predicted molar refractivity (Wildman–Crippen MR) is 116 cm³/mol. The third-order valence-corrected chi connectivity index (χ3v) is 5.10. The highest BCUT2D eigenvalue weighted by molar-refractivity contribution is 6.30. The zero-order valence-electron chi connectivity index (χ0n) is 16.2. The van der Waals surface area contributed by atoms with Crippen LogP contribution >= 0.6 is 11.6 Å². The minimum Gasteiger partial charge on any atom is -0.482 e. The van der Waals surface area contributed by atoms with Gasteiger partial charge < -0.3 is 14.5 Å². The standard InChI is InChI=1S/C23H20ClN3O3/c24-17-8-10-19(11-9-17)27(15-18-5-3-4-13-25-18)22(28)12-14-26-20-6-1-2-7-21(20)30-16-23(26)29/h1-11,13H,12,14-16H2. The van der Waals surface area contributed by atoms with E-state index in [0.717, 1.165) is 11.4 Å². The number of carbonyl (C=O) groups excluding carboxylic acids is 2. The lowest BCUT2D eigenvalue weighted by molar-refractivity contribution is -0.121. The third-order valence-electron chi connectivity index (χ3n) is 4.84. The van der Waals surface area contributed by atoms with Gasteiger partial charge in [-0.15, -0.1) is 0 Å². The zero-order valence-corrected chi connectivity index (χ0v) is 17.0. The van der Waals surface area contributed by atoms with Crippen molar-refractivity contribution in [2.75, 3.05) is 23.0 Å². The summed E-state index contributed by atoms with van der Waals surface area (Å²) < 4.78 is 5.47. The number of nitrogens with zero attached hydrogens (tertiary/aromatic N) is 3. The molecule has 2 amide bonds. The fourth-order valence-corrected chi connectivity index (χ4v) is 3.47. The Labute approximate surface area is 179 Å². The van der Waals surface area contributed by atoms with Crippen molar-refractivity contribution in [1.29, 1.82) is 0 Å². The molecule has 0 fully saturated rings. The summed E-state index contributed by atoms with van der Waals surface area (Å²) in [6, 6.07) is 20.0. The van der Waals surface area contributed by atoms with Crippen LogP contribution in [0.25, 0.3) is 0 Å². The maximum atomic E-state index is 13.2. The number of ether oxygens (including phenoxy) is 1. The van der Waals surface area contributed by atoms with Gasteiger partial charge in [-0.3, -0.25) is 14.6 Å². The van der Waals surface area contributed by atoms with Crippen LogP contribution in [0.2, 0.25) is 5.02 Å². The van der Waals surface area contributed by atoms with Crippen LogP contribution in [0.1, 0.15) is 12.1 Å². The van der Waals surface area contributed by atoms with Crippen LogP contribution < -0.4 is 14.5 Å². The first-order valence-electron chi connectivity index (χ1n) is 9.60. The molecule has 0 bridgehead atoms. The first kappa shape index (κ1) is 19.9. The number of para-hydroxylation sites is 2. The van der Waals surface area contributed by atoms with Crippen LogP contribution in [-0.4, -0.2) is 29.9 Å². The Hall–Kier alpha value is -3.38. The van der Waals surface area contributed by atoms with Crippen LogP contribution in [0.3, 0.4) is 0 Å². The first-order chi connectivity index (χ1) is 14.6. The highest BCUT2D eigenvalue weighted by atomic mass is 35.5. The average molecular weight is 422 g/mol. The summed E-state index contributed by atoms with van der Waals surface area (Å²) in [6.45, 7) is 0.569. The molecule has 0 radical (unpaired) electrons. The van der Waals surface area contributed by atoms with Crippen molar-refractivity contribution in [1.82, 2.24) is 4.98 Å². The van der Waals surface area contributed by atoms with E-state index < -0.39 is 0 Å². The van der Waals surface area contributed by atoms with E-state index in [0.29, 0.717) is 23.0 Å². The van der Waals surface area contributed by atoms with Gasteiger partial charge in [0.1, 0.15) is 5.75 Å². The van der Waals surface area contributed by atoms with E-state index in [1.54, 1.807) is 40.3 Å². The van der Waals surface area contributed by atoms with Crippen LogP contribution in [0.5, 0.6) is 5.75 Å². The van der Waals surface area contributed by atoms with Crippen molar-refractivity contribution < 1.29 is 14.3 Å². The summed E-state index contributed by atoms with van der Waals surface area (Å²) in [7, 11) is 0. The van der Waals surface area contributed by atoms with Crippen molar-refractivity contribution >= 4 is 34.8 Å². The average Bonchev–Trinajstić information content (AvgIpc) is 2.78. The molecular formula is C23H20ClN3O3. The molecule has 0 N–H and O–H groups in total. The number of aromatic nitrogens is 1. The molecule has 3 aromatic rings. The van der Waals surface area contributed by atoms with Gasteiger partial charge in [-0.25, -0.2) is 0 Å². The SMILES string of the molecule is O=C(CCN1C(=O)COc2ccccc21)N(Cc1ccccn1)c1ccc(Cl)cc1. The summed E-state index contributed by atoms with van der Waals surface area (Å²) in [6.07, 6.45) is 1.86. The van der Waals surface area contributed by atoms with E-state index in [9.17, 15) is 9.59 Å². The van der Waals surface area contributed by atoms with E-state index in [1.165, 1.54) is 0 Å². The molecule has 152 valence electrons. The van der Waals surface area contributed by atoms with Gasteiger partial charge in [0, 0.05) is 29.9 Å². The molecule has 4 rings (SSSR count). The highest BCUT2D eigenvalue weighted by Gasteiger charge is 2.26. The number of benzene rings is 2. The molecule has 2 aromatic carbocycles. The number of amides is 2. The largest absolute Gasteiger partial charge is 0.482 e. The first-order valence-corrected chi connectivity index (χ1v) is 9.97. The number of pyridine rings is 1. The van der Waals surface area contributed by atoms with Gasteiger partial charge in [0.25, 0.3) is 5.91 Å². The summed E-state index contributed by atoms with van der Waals surface area (Å²) in [5.41, 5.74) is 2.18.